The summed E-state index contributed by atoms with van der Waals surface area (Å²) >= 11 is 17.3. The smallest absolute Gasteiger partial charge is 0.0827 e. The summed E-state index contributed by atoms with van der Waals surface area (Å²) in [7, 11) is 0. The van der Waals surface area contributed by atoms with E-state index in [1.54, 1.807) is 24.3 Å². The van der Waals surface area contributed by atoms with Crippen LogP contribution in [0.3, 0.4) is 0 Å². The van der Waals surface area contributed by atoms with Crippen LogP contribution in [0.2, 0.25) is 10.0 Å². The van der Waals surface area contributed by atoms with Gasteiger partial charge in [-0.15, -0.1) is 11.6 Å². The van der Waals surface area contributed by atoms with Gasteiger partial charge in [-0.05, 0) is 11.6 Å². The lowest BCUT2D eigenvalue weighted by atomic mass is 10.2. The molecule has 1 aromatic carbocycles. The third kappa shape index (κ3) is 2.53. The van der Waals surface area contributed by atoms with Crippen molar-refractivity contribution >= 4 is 46.6 Å². The van der Waals surface area contributed by atoms with Crippen molar-refractivity contribution in [2.24, 2.45) is 0 Å². The first-order chi connectivity index (χ1) is 6.16. The molecule has 0 radical (unpaired) electrons. The molecule has 0 unspecified atom stereocenters. The molecule has 0 saturated carbocycles. The zero-order valence-corrected chi connectivity index (χ0v) is 9.00. The quantitative estimate of drug-likeness (QED) is 0.613. The maximum Gasteiger partial charge on any atom is 0.0827 e. The second-order valence-electron chi connectivity index (χ2n) is 2.43. The molecule has 0 aliphatic carbocycles. The monoisotopic (exact) mass is 235 g/mol. The number of rotatable bonds is 2. The van der Waals surface area contributed by atoms with E-state index in [-0.39, 0.29) is 0 Å². The Morgan fingerprint density at radius 1 is 1.23 bits per heavy atom. The van der Waals surface area contributed by atoms with Gasteiger partial charge in [-0.2, -0.15) is 0 Å². The first-order valence-corrected chi connectivity index (χ1v) is 4.92. The predicted octanol–water partition coefficient (Wildman–Crippen LogP) is 3.83. The fourth-order valence-electron chi connectivity index (χ4n) is 0.880. The Morgan fingerprint density at radius 2 is 1.92 bits per heavy atom. The molecular weight excluding hydrogens is 228 g/mol. The number of allylic oxidation sites excluding steroid dienone is 1. The Bertz CT molecular complexity index is 334. The summed E-state index contributed by atoms with van der Waals surface area (Å²) < 4.78 is 0. The molecule has 1 aromatic rings. The molecule has 2 N–H and O–H groups in total. The Balaban J connectivity index is 3.11. The van der Waals surface area contributed by atoms with Crippen LogP contribution in [0.25, 0.3) is 6.08 Å². The molecule has 0 spiro atoms. The normalized spacial score (nSPS) is 11.0. The SMILES string of the molecule is Nc1ccc(C=CCCl)c(Cl)c1Cl. The van der Waals surface area contributed by atoms with Gasteiger partial charge in [-0.1, -0.05) is 41.4 Å². The Hall–Kier alpha value is -0.370. The second kappa shape index (κ2) is 4.75. The van der Waals surface area contributed by atoms with Gasteiger partial charge in [-0.3, -0.25) is 0 Å². The van der Waals surface area contributed by atoms with Crippen LogP contribution in [-0.4, -0.2) is 5.88 Å². The molecule has 4 heteroatoms. The highest BCUT2D eigenvalue weighted by Crippen LogP contribution is 2.31. The van der Waals surface area contributed by atoms with Crippen molar-refractivity contribution < 1.29 is 0 Å². The Labute approximate surface area is 92.1 Å². The molecule has 13 heavy (non-hydrogen) atoms. The van der Waals surface area contributed by atoms with Crippen molar-refractivity contribution in [2.45, 2.75) is 0 Å². The number of anilines is 1. The van der Waals surface area contributed by atoms with Crippen LogP contribution >= 0.6 is 34.8 Å². The third-order valence-corrected chi connectivity index (χ3v) is 2.62. The maximum absolute atomic E-state index is 5.93. The number of alkyl halides is 1. The fourth-order valence-corrected chi connectivity index (χ4v) is 1.38. The Kier molecular flexibility index (Phi) is 3.91. The highest BCUT2D eigenvalue weighted by atomic mass is 35.5. The van der Waals surface area contributed by atoms with Gasteiger partial charge >= 0.3 is 0 Å². The van der Waals surface area contributed by atoms with Crippen molar-refractivity contribution in [1.82, 2.24) is 0 Å². The number of nitrogens with two attached hydrogens (primary N) is 1. The van der Waals surface area contributed by atoms with Crippen molar-refractivity contribution in [3.05, 3.63) is 33.8 Å². The molecule has 70 valence electrons. The van der Waals surface area contributed by atoms with Gasteiger partial charge in [0.1, 0.15) is 0 Å². The summed E-state index contributed by atoms with van der Waals surface area (Å²) in [6, 6.07) is 3.51. The standard InChI is InChI=1S/C9H8Cl3N/c10-5-1-2-6-3-4-7(13)9(12)8(6)11/h1-4H,5,13H2. The van der Waals surface area contributed by atoms with E-state index in [0.717, 1.165) is 5.56 Å². The van der Waals surface area contributed by atoms with Crippen molar-refractivity contribution in [3.63, 3.8) is 0 Å². The summed E-state index contributed by atoms with van der Waals surface area (Å²) in [5.41, 5.74) is 6.85. The summed E-state index contributed by atoms with van der Waals surface area (Å²) in [6.45, 7) is 0. The largest absolute Gasteiger partial charge is 0.397 e. The lowest BCUT2D eigenvalue weighted by molar-refractivity contribution is 1.63. The van der Waals surface area contributed by atoms with Gasteiger partial charge < -0.3 is 5.73 Å². The first-order valence-electron chi connectivity index (χ1n) is 3.62. The molecular formula is C9H8Cl3N. The number of benzene rings is 1. The van der Waals surface area contributed by atoms with Gasteiger partial charge in [0.25, 0.3) is 0 Å². The zero-order valence-electron chi connectivity index (χ0n) is 6.73. The molecule has 0 atom stereocenters. The molecule has 1 rings (SSSR count). The van der Waals surface area contributed by atoms with E-state index in [9.17, 15) is 0 Å². The van der Waals surface area contributed by atoms with Crippen LogP contribution in [0.1, 0.15) is 5.56 Å². The molecule has 0 aromatic heterocycles. The van der Waals surface area contributed by atoms with Gasteiger partial charge in [0.15, 0.2) is 0 Å². The van der Waals surface area contributed by atoms with E-state index in [1.165, 1.54) is 0 Å². The van der Waals surface area contributed by atoms with E-state index in [0.29, 0.717) is 21.6 Å². The van der Waals surface area contributed by atoms with Gasteiger partial charge in [0, 0.05) is 5.88 Å². The minimum absolute atomic E-state index is 0.387. The third-order valence-electron chi connectivity index (χ3n) is 1.53. The number of hydrogen-bond acceptors (Lipinski definition) is 1. The minimum atomic E-state index is 0.387. The minimum Gasteiger partial charge on any atom is -0.397 e. The number of nitrogen functional groups attached to an aromatic ring is 1. The average molecular weight is 237 g/mol. The van der Waals surface area contributed by atoms with E-state index >= 15 is 0 Å². The van der Waals surface area contributed by atoms with Crippen LogP contribution in [0, 0.1) is 0 Å². The molecule has 0 amide bonds. The Morgan fingerprint density at radius 3 is 2.54 bits per heavy atom. The van der Waals surface area contributed by atoms with Crippen molar-refractivity contribution in [3.8, 4) is 0 Å². The van der Waals surface area contributed by atoms with E-state index in [4.69, 9.17) is 40.5 Å². The topological polar surface area (TPSA) is 26.0 Å². The molecule has 0 saturated heterocycles. The van der Waals surface area contributed by atoms with Gasteiger partial charge in [0.05, 0.1) is 15.7 Å². The van der Waals surface area contributed by atoms with Gasteiger partial charge in [-0.25, -0.2) is 0 Å². The highest BCUT2D eigenvalue weighted by Gasteiger charge is 2.04. The van der Waals surface area contributed by atoms with Gasteiger partial charge in [0.2, 0.25) is 0 Å². The van der Waals surface area contributed by atoms with E-state index in [2.05, 4.69) is 0 Å². The van der Waals surface area contributed by atoms with Crippen molar-refractivity contribution in [2.75, 3.05) is 11.6 Å². The molecule has 1 nitrogen and oxygen atoms in total. The number of halogens is 3. The summed E-state index contributed by atoms with van der Waals surface area (Å²) in [6.07, 6.45) is 3.59. The molecule has 0 fully saturated rings. The lowest BCUT2D eigenvalue weighted by Gasteiger charge is -2.03. The summed E-state index contributed by atoms with van der Waals surface area (Å²) in [4.78, 5) is 0. The first kappa shape index (κ1) is 10.7. The van der Waals surface area contributed by atoms with Crippen LogP contribution in [0.15, 0.2) is 18.2 Å². The zero-order chi connectivity index (χ0) is 9.84. The second-order valence-corrected chi connectivity index (χ2v) is 3.49. The summed E-state index contributed by atoms with van der Waals surface area (Å²) in [5, 5.41) is 0.849. The lowest BCUT2D eigenvalue weighted by Crippen LogP contribution is -1.88. The van der Waals surface area contributed by atoms with Crippen molar-refractivity contribution in [1.29, 1.82) is 0 Å². The van der Waals surface area contributed by atoms with Crippen LogP contribution in [0.4, 0.5) is 5.69 Å². The van der Waals surface area contributed by atoms with Crippen LogP contribution in [-0.2, 0) is 0 Å². The maximum atomic E-state index is 5.93. The highest BCUT2D eigenvalue weighted by molar-refractivity contribution is 6.44. The number of hydrogen-bond donors (Lipinski definition) is 1. The molecule has 0 aliphatic rings. The molecule has 0 bridgehead atoms. The molecule has 0 heterocycles. The van der Waals surface area contributed by atoms with Crippen LogP contribution in [0.5, 0.6) is 0 Å². The van der Waals surface area contributed by atoms with Crippen LogP contribution < -0.4 is 5.73 Å². The predicted molar refractivity (Wildman–Crippen MR) is 60.6 cm³/mol. The molecule has 0 aliphatic heterocycles. The summed E-state index contributed by atoms with van der Waals surface area (Å²) in [5.74, 6) is 0.443. The fraction of sp³-hybridized carbons (Fsp3) is 0.111. The van der Waals surface area contributed by atoms with E-state index < -0.39 is 0 Å². The average Bonchev–Trinajstić information content (AvgIpc) is 2.13. The van der Waals surface area contributed by atoms with E-state index in [1.807, 2.05) is 0 Å².